The van der Waals surface area contributed by atoms with Crippen LogP contribution in [0.2, 0.25) is 0 Å². The summed E-state index contributed by atoms with van der Waals surface area (Å²) in [6.07, 6.45) is 2.56. The van der Waals surface area contributed by atoms with Crippen molar-refractivity contribution in [2.24, 2.45) is 5.92 Å². The normalized spacial score (nSPS) is 22.5. The summed E-state index contributed by atoms with van der Waals surface area (Å²) in [6, 6.07) is 10.5. The Hall–Kier alpha value is -0.900. The van der Waals surface area contributed by atoms with Crippen LogP contribution in [0.1, 0.15) is 39.2 Å². The van der Waals surface area contributed by atoms with Gasteiger partial charge in [-0.1, -0.05) is 30.3 Å². The van der Waals surface area contributed by atoms with Gasteiger partial charge in [0.1, 0.15) is 0 Å². The first kappa shape index (κ1) is 16.5. The summed E-state index contributed by atoms with van der Waals surface area (Å²) < 4.78 is 0. The van der Waals surface area contributed by atoms with Crippen LogP contribution in [0.4, 0.5) is 0 Å². The Labute approximate surface area is 129 Å². The van der Waals surface area contributed by atoms with E-state index in [1.165, 1.54) is 12.8 Å². The number of piperidine rings is 1. The van der Waals surface area contributed by atoms with Crippen LogP contribution in [0.15, 0.2) is 30.3 Å². The molecular weight excluding hydrogens is 260 g/mol. The zero-order valence-corrected chi connectivity index (χ0v) is 13.7. The average molecular weight is 290 g/mol. The summed E-state index contributed by atoms with van der Waals surface area (Å²) in [4.78, 5) is 2.42. The first-order valence-corrected chi connectivity index (χ1v) is 8.22. The molecule has 2 atom stereocenters. The van der Waals surface area contributed by atoms with Crippen LogP contribution in [0.5, 0.6) is 0 Å². The van der Waals surface area contributed by atoms with Gasteiger partial charge in [0, 0.05) is 19.1 Å². The van der Waals surface area contributed by atoms with Gasteiger partial charge in [0.2, 0.25) is 0 Å². The summed E-state index contributed by atoms with van der Waals surface area (Å²) in [6.45, 7) is 10.4. The minimum atomic E-state index is -0.798. The van der Waals surface area contributed by atoms with E-state index in [-0.39, 0.29) is 0 Å². The maximum absolute atomic E-state index is 10.9. The van der Waals surface area contributed by atoms with Crippen molar-refractivity contribution in [3.63, 3.8) is 0 Å². The fourth-order valence-electron chi connectivity index (χ4n) is 3.15. The van der Waals surface area contributed by atoms with Gasteiger partial charge in [-0.3, -0.25) is 4.90 Å². The molecule has 21 heavy (non-hydrogen) atoms. The van der Waals surface area contributed by atoms with Gasteiger partial charge in [-0.25, -0.2) is 0 Å². The number of hydrogen-bond acceptors (Lipinski definition) is 3. The minimum absolute atomic E-state index is 0.446. The summed E-state index contributed by atoms with van der Waals surface area (Å²) >= 11 is 0. The monoisotopic (exact) mass is 290 g/mol. The third-order valence-electron chi connectivity index (χ3n) is 4.53. The first-order chi connectivity index (χ1) is 9.99. The molecule has 1 fully saturated rings. The molecule has 1 aliphatic heterocycles. The summed E-state index contributed by atoms with van der Waals surface area (Å²) in [5, 5.41) is 14.4. The van der Waals surface area contributed by atoms with E-state index in [0.717, 1.165) is 25.2 Å². The zero-order chi connectivity index (χ0) is 15.3. The molecular formula is C18H30N2O. The van der Waals surface area contributed by atoms with Crippen molar-refractivity contribution in [3.8, 4) is 0 Å². The van der Waals surface area contributed by atoms with Gasteiger partial charge in [0.05, 0.1) is 5.60 Å². The average Bonchev–Trinajstić information content (AvgIpc) is 2.48. The number of benzene rings is 1. The van der Waals surface area contributed by atoms with Crippen molar-refractivity contribution in [1.29, 1.82) is 0 Å². The Morgan fingerprint density at radius 2 is 2.05 bits per heavy atom. The summed E-state index contributed by atoms with van der Waals surface area (Å²) in [5.74, 6) is 0.702. The standard InChI is InChI=1S/C18H30N2O/c1-15(2)20(13-16-8-7-11-19-12-16)14-18(3,21)17-9-5-4-6-10-17/h4-6,9-10,15-16,19,21H,7-8,11-14H2,1-3H3. The van der Waals surface area contributed by atoms with Crippen molar-refractivity contribution in [3.05, 3.63) is 35.9 Å². The van der Waals surface area contributed by atoms with Crippen molar-refractivity contribution in [1.82, 2.24) is 10.2 Å². The lowest BCUT2D eigenvalue weighted by Crippen LogP contribution is -2.46. The zero-order valence-electron chi connectivity index (χ0n) is 13.7. The topological polar surface area (TPSA) is 35.5 Å². The molecule has 1 aliphatic rings. The fourth-order valence-corrected chi connectivity index (χ4v) is 3.15. The molecule has 0 aromatic heterocycles. The Bertz CT molecular complexity index is 410. The quantitative estimate of drug-likeness (QED) is 0.845. The second kappa shape index (κ2) is 7.39. The molecule has 0 aliphatic carbocycles. The van der Waals surface area contributed by atoms with E-state index in [1.807, 2.05) is 37.3 Å². The minimum Gasteiger partial charge on any atom is -0.384 e. The van der Waals surface area contributed by atoms with Crippen molar-refractivity contribution in [2.45, 2.75) is 45.3 Å². The van der Waals surface area contributed by atoms with Crippen molar-refractivity contribution in [2.75, 3.05) is 26.2 Å². The molecule has 2 rings (SSSR count). The third-order valence-corrected chi connectivity index (χ3v) is 4.53. The molecule has 0 saturated carbocycles. The fraction of sp³-hybridized carbons (Fsp3) is 0.667. The molecule has 0 spiro atoms. The van der Waals surface area contributed by atoms with E-state index in [4.69, 9.17) is 0 Å². The molecule has 0 amide bonds. The molecule has 1 aromatic carbocycles. The summed E-state index contributed by atoms with van der Waals surface area (Å²) in [7, 11) is 0. The van der Waals surface area contributed by atoms with E-state index < -0.39 is 5.60 Å². The van der Waals surface area contributed by atoms with Gasteiger partial charge >= 0.3 is 0 Å². The van der Waals surface area contributed by atoms with Gasteiger partial charge in [0.25, 0.3) is 0 Å². The SMILES string of the molecule is CC(C)N(CC1CCCNC1)CC(C)(O)c1ccccc1. The highest BCUT2D eigenvalue weighted by molar-refractivity contribution is 5.21. The highest BCUT2D eigenvalue weighted by Gasteiger charge is 2.29. The lowest BCUT2D eigenvalue weighted by Gasteiger charge is -2.37. The maximum atomic E-state index is 10.9. The Morgan fingerprint density at radius 1 is 1.33 bits per heavy atom. The van der Waals surface area contributed by atoms with E-state index in [2.05, 4.69) is 24.1 Å². The predicted octanol–water partition coefficient (Wildman–Crippen LogP) is 2.60. The third kappa shape index (κ3) is 4.80. The Kier molecular flexibility index (Phi) is 5.80. The first-order valence-electron chi connectivity index (χ1n) is 8.22. The lowest BCUT2D eigenvalue weighted by molar-refractivity contribution is 0.00000828. The van der Waals surface area contributed by atoms with Crippen LogP contribution >= 0.6 is 0 Å². The Balaban J connectivity index is 2.01. The number of aliphatic hydroxyl groups is 1. The van der Waals surface area contributed by atoms with E-state index >= 15 is 0 Å². The van der Waals surface area contributed by atoms with Crippen LogP contribution in [0.25, 0.3) is 0 Å². The van der Waals surface area contributed by atoms with Gasteiger partial charge in [-0.2, -0.15) is 0 Å². The molecule has 2 unspecified atom stereocenters. The van der Waals surface area contributed by atoms with E-state index in [9.17, 15) is 5.11 Å². The highest BCUT2D eigenvalue weighted by Crippen LogP contribution is 2.24. The van der Waals surface area contributed by atoms with Crippen LogP contribution in [0, 0.1) is 5.92 Å². The lowest BCUT2D eigenvalue weighted by atomic mass is 9.93. The Morgan fingerprint density at radius 3 is 2.62 bits per heavy atom. The van der Waals surface area contributed by atoms with Crippen LogP contribution < -0.4 is 5.32 Å². The number of nitrogens with zero attached hydrogens (tertiary/aromatic N) is 1. The highest BCUT2D eigenvalue weighted by atomic mass is 16.3. The number of nitrogens with one attached hydrogen (secondary N) is 1. The van der Waals surface area contributed by atoms with Crippen LogP contribution in [-0.4, -0.2) is 42.2 Å². The number of hydrogen-bond donors (Lipinski definition) is 2. The molecule has 3 nitrogen and oxygen atoms in total. The molecule has 0 bridgehead atoms. The number of rotatable bonds is 6. The predicted molar refractivity (Wildman–Crippen MR) is 88.3 cm³/mol. The molecule has 1 heterocycles. The van der Waals surface area contributed by atoms with Gasteiger partial charge in [-0.15, -0.1) is 0 Å². The molecule has 3 heteroatoms. The van der Waals surface area contributed by atoms with Crippen LogP contribution in [-0.2, 0) is 5.60 Å². The van der Waals surface area contributed by atoms with Crippen molar-refractivity contribution >= 4 is 0 Å². The molecule has 0 radical (unpaired) electrons. The second-order valence-corrected chi connectivity index (χ2v) is 6.88. The van der Waals surface area contributed by atoms with Gasteiger partial charge in [-0.05, 0) is 58.2 Å². The van der Waals surface area contributed by atoms with Crippen molar-refractivity contribution < 1.29 is 5.11 Å². The van der Waals surface area contributed by atoms with E-state index in [0.29, 0.717) is 18.5 Å². The maximum Gasteiger partial charge on any atom is 0.0994 e. The molecule has 1 saturated heterocycles. The van der Waals surface area contributed by atoms with Crippen LogP contribution in [0.3, 0.4) is 0 Å². The van der Waals surface area contributed by atoms with Gasteiger partial charge < -0.3 is 10.4 Å². The van der Waals surface area contributed by atoms with E-state index in [1.54, 1.807) is 0 Å². The summed E-state index contributed by atoms with van der Waals surface area (Å²) in [5.41, 5.74) is 0.200. The van der Waals surface area contributed by atoms with Gasteiger partial charge in [0.15, 0.2) is 0 Å². The second-order valence-electron chi connectivity index (χ2n) is 6.88. The molecule has 118 valence electrons. The molecule has 2 N–H and O–H groups in total. The largest absolute Gasteiger partial charge is 0.384 e. The smallest absolute Gasteiger partial charge is 0.0994 e. The molecule has 1 aromatic rings.